The van der Waals surface area contributed by atoms with Crippen LogP contribution in [0, 0.1) is 6.92 Å². The maximum absolute atomic E-state index is 11.6. The van der Waals surface area contributed by atoms with E-state index in [1.54, 1.807) is 31.4 Å². The predicted octanol–water partition coefficient (Wildman–Crippen LogP) is 3.46. The summed E-state index contributed by atoms with van der Waals surface area (Å²) in [7, 11) is 2.94. The van der Waals surface area contributed by atoms with Crippen LogP contribution < -0.4 is 15.4 Å². The van der Waals surface area contributed by atoms with Crippen LogP contribution in [-0.2, 0) is 4.74 Å². The lowest BCUT2D eigenvalue weighted by molar-refractivity contribution is 0.0601. The molecule has 1 heterocycles. The smallest absolute Gasteiger partial charge is 0.337 e. The number of carbonyl (C=O) groups is 1. The highest BCUT2D eigenvalue weighted by Gasteiger charge is 2.09. The fourth-order valence-corrected chi connectivity index (χ4v) is 2.45. The maximum Gasteiger partial charge on any atom is 0.337 e. The second-order valence-electron chi connectivity index (χ2n) is 5.69. The Kier molecular flexibility index (Phi) is 5.46. The highest BCUT2D eigenvalue weighted by atomic mass is 16.5. The average molecular weight is 365 g/mol. The van der Waals surface area contributed by atoms with Gasteiger partial charge in [-0.25, -0.2) is 4.79 Å². The summed E-state index contributed by atoms with van der Waals surface area (Å²) in [6, 6.07) is 12.6. The summed E-state index contributed by atoms with van der Waals surface area (Å²) >= 11 is 0. The van der Waals surface area contributed by atoms with Crippen molar-refractivity contribution in [3.63, 3.8) is 0 Å². The first-order chi connectivity index (χ1) is 13.1. The standard InChI is InChI=1S/C19H19N5O3/c1-12-7-8-16(26-2)15(9-12)22-17-11-20-24-19(23-17)21-14-6-4-5-13(10-14)18(25)27-3/h4-11H,1-3H3,(H2,21,22,23,24). The van der Waals surface area contributed by atoms with Gasteiger partial charge in [-0.3, -0.25) is 0 Å². The van der Waals surface area contributed by atoms with Gasteiger partial charge < -0.3 is 20.1 Å². The molecule has 1 aromatic heterocycles. The van der Waals surface area contributed by atoms with Crippen LogP contribution in [0.25, 0.3) is 0 Å². The molecular formula is C19H19N5O3. The van der Waals surface area contributed by atoms with E-state index in [1.165, 1.54) is 13.3 Å². The Balaban J connectivity index is 1.80. The van der Waals surface area contributed by atoms with Crippen LogP contribution in [0.3, 0.4) is 0 Å². The second kappa shape index (κ2) is 8.13. The normalized spacial score (nSPS) is 10.2. The van der Waals surface area contributed by atoms with Gasteiger partial charge in [0.05, 0.1) is 31.7 Å². The van der Waals surface area contributed by atoms with Gasteiger partial charge in [0.15, 0.2) is 5.82 Å². The lowest BCUT2D eigenvalue weighted by Crippen LogP contribution is -2.05. The Morgan fingerprint density at radius 3 is 2.70 bits per heavy atom. The first-order valence-corrected chi connectivity index (χ1v) is 8.16. The molecule has 3 aromatic rings. The van der Waals surface area contributed by atoms with Crippen LogP contribution in [0.4, 0.5) is 23.1 Å². The fraction of sp³-hybridized carbons (Fsp3) is 0.158. The second-order valence-corrected chi connectivity index (χ2v) is 5.69. The van der Waals surface area contributed by atoms with Gasteiger partial charge in [-0.15, -0.1) is 5.10 Å². The molecule has 0 bridgehead atoms. The van der Waals surface area contributed by atoms with E-state index in [9.17, 15) is 4.79 Å². The number of hydrogen-bond acceptors (Lipinski definition) is 8. The van der Waals surface area contributed by atoms with Crippen LogP contribution in [0.15, 0.2) is 48.7 Å². The quantitative estimate of drug-likeness (QED) is 0.641. The molecule has 138 valence electrons. The number of anilines is 4. The third-order valence-corrected chi connectivity index (χ3v) is 3.72. The Labute approximate surface area is 156 Å². The van der Waals surface area contributed by atoms with E-state index in [-0.39, 0.29) is 5.95 Å². The van der Waals surface area contributed by atoms with E-state index < -0.39 is 5.97 Å². The topological polar surface area (TPSA) is 98.3 Å². The molecule has 0 unspecified atom stereocenters. The van der Waals surface area contributed by atoms with Gasteiger partial charge in [-0.05, 0) is 42.8 Å². The van der Waals surface area contributed by atoms with E-state index in [4.69, 9.17) is 9.47 Å². The highest BCUT2D eigenvalue weighted by Crippen LogP contribution is 2.28. The zero-order valence-corrected chi connectivity index (χ0v) is 15.2. The first-order valence-electron chi connectivity index (χ1n) is 8.16. The lowest BCUT2D eigenvalue weighted by Gasteiger charge is -2.12. The van der Waals surface area contributed by atoms with Gasteiger partial charge in [0.1, 0.15) is 5.75 Å². The van der Waals surface area contributed by atoms with Crippen LogP contribution in [-0.4, -0.2) is 35.4 Å². The molecule has 3 rings (SSSR count). The van der Waals surface area contributed by atoms with E-state index in [2.05, 4.69) is 25.8 Å². The Morgan fingerprint density at radius 1 is 1.07 bits per heavy atom. The van der Waals surface area contributed by atoms with E-state index in [0.29, 0.717) is 22.8 Å². The van der Waals surface area contributed by atoms with Gasteiger partial charge in [0.2, 0.25) is 5.95 Å². The molecule has 0 aliphatic rings. The van der Waals surface area contributed by atoms with Gasteiger partial charge in [-0.1, -0.05) is 12.1 Å². The fourth-order valence-electron chi connectivity index (χ4n) is 2.45. The molecule has 0 atom stereocenters. The number of aryl methyl sites for hydroxylation is 1. The number of nitrogens with zero attached hydrogens (tertiary/aromatic N) is 3. The molecule has 0 spiro atoms. The molecular weight excluding hydrogens is 346 g/mol. The van der Waals surface area contributed by atoms with Gasteiger partial charge in [0, 0.05) is 5.69 Å². The minimum Gasteiger partial charge on any atom is -0.495 e. The minimum absolute atomic E-state index is 0.286. The largest absolute Gasteiger partial charge is 0.495 e. The number of rotatable bonds is 6. The number of methoxy groups -OCH3 is 2. The summed E-state index contributed by atoms with van der Waals surface area (Å²) in [6.07, 6.45) is 1.51. The molecule has 0 saturated heterocycles. The minimum atomic E-state index is -0.417. The third-order valence-electron chi connectivity index (χ3n) is 3.72. The predicted molar refractivity (Wildman–Crippen MR) is 102 cm³/mol. The van der Waals surface area contributed by atoms with Crippen molar-refractivity contribution in [3.05, 3.63) is 59.8 Å². The Hall–Kier alpha value is -3.68. The summed E-state index contributed by atoms with van der Waals surface area (Å²) in [5.74, 6) is 1.06. The van der Waals surface area contributed by atoms with Crippen molar-refractivity contribution in [2.24, 2.45) is 0 Å². The third kappa shape index (κ3) is 4.49. The molecule has 8 heteroatoms. The van der Waals surface area contributed by atoms with Gasteiger partial charge >= 0.3 is 5.97 Å². The molecule has 2 N–H and O–H groups in total. The molecule has 0 aliphatic heterocycles. The molecule has 27 heavy (non-hydrogen) atoms. The zero-order valence-electron chi connectivity index (χ0n) is 15.2. The van der Waals surface area contributed by atoms with Crippen molar-refractivity contribution in [1.82, 2.24) is 15.2 Å². The number of ether oxygens (including phenoxy) is 2. The van der Waals surface area contributed by atoms with Crippen molar-refractivity contribution >= 4 is 29.1 Å². The number of benzene rings is 2. The molecule has 0 saturated carbocycles. The molecule has 8 nitrogen and oxygen atoms in total. The summed E-state index contributed by atoms with van der Waals surface area (Å²) in [4.78, 5) is 16.0. The van der Waals surface area contributed by atoms with Crippen LogP contribution >= 0.6 is 0 Å². The number of nitrogens with one attached hydrogen (secondary N) is 2. The molecule has 2 aromatic carbocycles. The highest BCUT2D eigenvalue weighted by molar-refractivity contribution is 5.90. The van der Waals surface area contributed by atoms with Crippen LogP contribution in [0.1, 0.15) is 15.9 Å². The van der Waals surface area contributed by atoms with E-state index in [1.807, 2.05) is 25.1 Å². The summed E-state index contributed by atoms with van der Waals surface area (Å²) in [5.41, 5.74) is 2.93. The van der Waals surface area contributed by atoms with Crippen molar-refractivity contribution in [2.45, 2.75) is 6.92 Å². The van der Waals surface area contributed by atoms with Crippen molar-refractivity contribution in [2.75, 3.05) is 24.9 Å². The molecule has 0 aliphatic carbocycles. The molecule has 0 fully saturated rings. The van der Waals surface area contributed by atoms with Crippen LogP contribution in [0.2, 0.25) is 0 Å². The molecule has 0 amide bonds. The van der Waals surface area contributed by atoms with E-state index >= 15 is 0 Å². The maximum atomic E-state index is 11.6. The average Bonchev–Trinajstić information content (AvgIpc) is 2.68. The van der Waals surface area contributed by atoms with Crippen molar-refractivity contribution in [1.29, 1.82) is 0 Å². The molecule has 0 radical (unpaired) electrons. The number of hydrogen-bond donors (Lipinski definition) is 2. The number of esters is 1. The van der Waals surface area contributed by atoms with Gasteiger partial charge in [0.25, 0.3) is 0 Å². The van der Waals surface area contributed by atoms with E-state index in [0.717, 1.165) is 11.3 Å². The summed E-state index contributed by atoms with van der Waals surface area (Å²) in [6.45, 7) is 1.99. The summed E-state index contributed by atoms with van der Waals surface area (Å²) < 4.78 is 10.1. The summed E-state index contributed by atoms with van der Waals surface area (Å²) in [5, 5.41) is 14.1. The Morgan fingerprint density at radius 2 is 1.93 bits per heavy atom. The number of carbonyl (C=O) groups excluding carboxylic acids is 1. The first kappa shape index (κ1) is 18.1. The van der Waals surface area contributed by atoms with Crippen molar-refractivity contribution < 1.29 is 14.3 Å². The number of aromatic nitrogens is 3. The van der Waals surface area contributed by atoms with Gasteiger partial charge in [-0.2, -0.15) is 10.1 Å². The zero-order chi connectivity index (χ0) is 19.2. The Bertz CT molecular complexity index is 962. The van der Waals surface area contributed by atoms with Crippen molar-refractivity contribution in [3.8, 4) is 5.75 Å². The lowest BCUT2D eigenvalue weighted by atomic mass is 10.2. The van der Waals surface area contributed by atoms with Crippen LogP contribution in [0.5, 0.6) is 5.75 Å². The SMILES string of the molecule is COC(=O)c1cccc(Nc2nncc(Nc3cc(C)ccc3OC)n2)c1. The monoisotopic (exact) mass is 365 g/mol.